The molecule has 6 heteroatoms. The normalized spacial score (nSPS) is 15.2. The van der Waals surface area contributed by atoms with Crippen molar-refractivity contribution < 1.29 is 14.3 Å². The van der Waals surface area contributed by atoms with Crippen LogP contribution in [0.5, 0.6) is 5.75 Å². The number of nitrogens with zero attached hydrogens (tertiary/aromatic N) is 1. The molecular formula is C20H21ClN2O3. The molecule has 0 aromatic heterocycles. The standard InChI is InChI=1S/C20H21ClN2O3/c1-12-5-4-6-16(13(12)2)22-19(24)11-23(3)20(25)18-10-14-9-15(21)7-8-17(14)26-18/h4-9,18H,10-11H2,1-3H3,(H,22,24). The number of anilines is 1. The van der Waals surface area contributed by atoms with Crippen molar-refractivity contribution in [3.8, 4) is 5.75 Å². The molecule has 0 aliphatic carbocycles. The average molecular weight is 373 g/mol. The third kappa shape index (κ3) is 3.83. The number of likely N-dealkylation sites (N-methyl/N-ethyl adjacent to an activating group) is 1. The van der Waals surface area contributed by atoms with Gasteiger partial charge in [0.15, 0.2) is 6.10 Å². The van der Waals surface area contributed by atoms with Crippen molar-refractivity contribution in [1.29, 1.82) is 0 Å². The summed E-state index contributed by atoms with van der Waals surface area (Å²) in [5, 5.41) is 3.47. The van der Waals surface area contributed by atoms with Gasteiger partial charge in [-0.1, -0.05) is 23.7 Å². The van der Waals surface area contributed by atoms with Gasteiger partial charge in [0.2, 0.25) is 5.91 Å². The fourth-order valence-corrected chi connectivity index (χ4v) is 3.16. The van der Waals surface area contributed by atoms with Crippen molar-refractivity contribution in [3.63, 3.8) is 0 Å². The monoisotopic (exact) mass is 372 g/mol. The Balaban J connectivity index is 1.59. The van der Waals surface area contributed by atoms with Crippen molar-refractivity contribution >= 4 is 29.1 Å². The van der Waals surface area contributed by atoms with Crippen LogP contribution in [0.3, 0.4) is 0 Å². The molecular weight excluding hydrogens is 352 g/mol. The van der Waals surface area contributed by atoms with Crippen LogP contribution in [0.4, 0.5) is 5.69 Å². The van der Waals surface area contributed by atoms with Crippen molar-refractivity contribution in [2.75, 3.05) is 18.9 Å². The number of halogens is 1. The molecule has 0 fully saturated rings. The maximum Gasteiger partial charge on any atom is 0.264 e. The first-order valence-electron chi connectivity index (χ1n) is 8.41. The van der Waals surface area contributed by atoms with Gasteiger partial charge in [-0.3, -0.25) is 9.59 Å². The van der Waals surface area contributed by atoms with E-state index in [0.717, 1.165) is 22.4 Å². The quantitative estimate of drug-likeness (QED) is 0.895. The predicted molar refractivity (Wildman–Crippen MR) is 102 cm³/mol. The summed E-state index contributed by atoms with van der Waals surface area (Å²) in [6, 6.07) is 11.0. The zero-order valence-corrected chi connectivity index (χ0v) is 15.8. The SMILES string of the molecule is Cc1cccc(NC(=O)CN(C)C(=O)C2Cc3cc(Cl)ccc3O2)c1C. The lowest BCUT2D eigenvalue weighted by Gasteiger charge is -2.20. The fraction of sp³-hybridized carbons (Fsp3) is 0.300. The molecule has 1 N–H and O–H groups in total. The van der Waals surface area contributed by atoms with E-state index in [-0.39, 0.29) is 18.4 Å². The van der Waals surface area contributed by atoms with Gasteiger partial charge in [-0.2, -0.15) is 0 Å². The highest BCUT2D eigenvalue weighted by Crippen LogP contribution is 2.31. The van der Waals surface area contributed by atoms with Gasteiger partial charge in [0, 0.05) is 24.2 Å². The van der Waals surface area contributed by atoms with Gasteiger partial charge in [-0.25, -0.2) is 0 Å². The predicted octanol–water partition coefficient (Wildman–Crippen LogP) is 3.36. The molecule has 0 radical (unpaired) electrons. The summed E-state index contributed by atoms with van der Waals surface area (Å²) in [4.78, 5) is 26.3. The summed E-state index contributed by atoms with van der Waals surface area (Å²) in [5.74, 6) is 0.197. The Morgan fingerprint density at radius 3 is 2.81 bits per heavy atom. The molecule has 1 unspecified atom stereocenters. The first-order chi connectivity index (χ1) is 12.3. The molecule has 0 saturated heterocycles. The average Bonchev–Trinajstić information content (AvgIpc) is 3.01. The third-order valence-electron chi connectivity index (χ3n) is 4.61. The lowest BCUT2D eigenvalue weighted by molar-refractivity contribution is -0.139. The van der Waals surface area contributed by atoms with Crippen molar-refractivity contribution in [2.45, 2.75) is 26.4 Å². The highest BCUT2D eigenvalue weighted by molar-refractivity contribution is 6.30. The number of amides is 2. The van der Waals surface area contributed by atoms with Crippen LogP contribution >= 0.6 is 11.6 Å². The molecule has 136 valence electrons. The number of hydrogen-bond donors (Lipinski definition) is 1. The van der Waals surface area contributed by atoms with Crippen molar-refractivity contribution in [1.82, 2.24) is 4.90 Å². The third-order valence-corrected chi connectivity index (χ3v) is 4.84. The summed E-state index contributed by atoms with van der Waals surface area (Å²) in [7, 11) is 1.60. The fourth-order valence-electron chi connectivity index (χ4n) is 2.97. The maximum atomic E-state index is 12.6. The van der Waals surface area contributed by atoms with E-state index in [9.17, 15) is 9.59 Å². The van der Waals surface area contributed by atoms with Crippen LogP contribution in [-0.4, -0.2) is 36.4 Å². The van der Waals surface area contributed by atoms with E-state index in [4.69, 9.17) is 16.3 Å². The number of aryl methyl sites for hydroxylation is 1. The number of benzene rings is 2. The van der Waals surface area contributed by atoms with Crippen LogP contribution in [0.15, 0.2) is 36.4 Å². The topological polar surface area (TPSA) is 58.6 Å². The van der Waals surface area contributed by atoms with Gasteiger partial charge in [0.1, 0.15) is 5.75 Å². The second-order valence-electron chi connectivity index (χ2n) is 6.55. The number of carbonyl (C=O) groups excluding carboxylic acids is 2. The van der Waals surface area contributed by atoms with Crippen LogP contribution in [0.1, 0.15) is 16.7 Å². The highest BCUT2D eigenvalue weighted by Gasteiger charge is 2.31. The second kappa shape index (κ2) is 7.38. The molecule has 0 bridgehead atoms. The Morgan fingerprint density at radius 2 is 2.04 bits per heavy atom. The number of rotatable bonds is 4. The van der Waals surface area contributed by atoms with E-state index in [1.165, 1.54) is 4.90 Å². The molecule has 5 nitrogen and oxygen atoms in total. The van der Waals surface area contributed by atoms with Crippen LogP contribution in [0.25, 0.3) is 0 Å². The lowest BCUT2D eigenvalue weighted by atomic mass is 10.1. The van der Waals surface area contributed by atoms with Crippen LogP contribution in [0, 0.1) is 13.8 Å². The molecule has 1 heterocycles. The van der Waals surface area contributed by atoms with Crippen molar-refractivity contribution in [3.05, 3.63) is 58.1 Å². The van der Waals surface area contributed by atoms with E-state index in [1.807, 2.05) is 32.0 Å². The van der Waals surface area contributed by atoms with E-state index in [0.29, 0.717) is 17.2 Å². The van der Waals surface area contributed by atoms with Gasteiger partial charge >= 0.3 is 0 Å². The Morgan fingerprint density at radius 1 is 1.27 bits per heavy atom. The van der Waals surface area contributed by atoms with Crippen LogP contribution in [-0.2, 0) is 16.0 Å². The summed E-state index contributed by atoms with van der Waals surface area (Å²) in [6.45, 7) is 3.90. The summed E-state index contributed by atoms with van der Waals surface area (Å²) < 4.78 is 5.70. The Hall–Kier alpha value is -2.53. The lowest BCUT2D eigenvalue weighted by Crippen LogP contribution is -2.42. The summed E-state index contributed by atoms with van der Waals surface area (Å²) in [6.07, 6.45) is -0.167. The number of hydrogen-bond acceptors (Lipinski definition) is 3. The van der Waals surface area contributed by atoms with Crippen LogP contribution < -0.4 is 10.1 Å². The Bertz CT molecular complexity index is 866. The first kappa shape index (κ1) is 18.3. The number of carbonyl (C=O) groups is 2. The summed E-state index contributed by atoms with van der Waals surface area (Å²) >= 11 is 5.98. The molecule has 0 saturated carbocycles. The Kier molecular flexibility index (Phi) is 5.18. The van der Waals surface area contributed by atoms with Gasteiger partial charge in [0.05, 0.1) is 6.54 Å². The molecule has 1 aliphatic heterocycles. The van der Waals surface area contributed by atoms with Gasteiger partial charge in [0.25, 0.3) is 5.91 Å². The molecule has 1 aliphatic rings. The number of nitrogens with one attached hydrogen (secondary N) is 1. The molecule has 2 amide bonds. The van der Waals surface area contributed by atoms with Crippen LogP contribution in [0.2, 0.25) is 5.02 Å². The minimum absolute atomic E-state index is 0.0385. The minimum Gasteiger partial charge on any atom is -0.480 e. The van der Waals surface area contributed by atoms with E-state index >= 15 is 0 Å². The van der Waals surface area contributed by atoms with E-state index in [2.05, 4.69) is 5.32 Å². The zero-order valence-electron chi connectivity index (χ0n) is 15.0. The zero-order chi connectivity index (χ0) is 18.8. The Labute approximate surface area is 157 Å². The summed E-state index contributed by atoms with van der Waals surface area (Å²) in [5.41, 5.74) is 3.78. The highest BCUT2D eigenvalue weighted by atomic mass is 35.5. The molecule has 1 atom stereocenters. The first-order valence-corrected chi connectivity index (χ1v) is 8.79. The minimum atomic E-state index is -0.623. The van der Waals surface area contributed by atoms with Gasteiger partial charge in [-0.05, 0) is 54.8 Å². The molecule has 0 spiro atoms. The number of fused-ring (bicyclic) bond motifs is 1. The second-order valence-corrected chi connectivity index (χ2v) is 6.99. The molecule has 3 rings (SSSR count). The maximum absolute atomic E-state index is 12.6. The van der Waals surface area contributed by atoms with Crippen molar-refractivity contribution in [2.24, 2.45) is 0 Å². The molecule has 26 heavy (non-hydrogen) atoms. The largest absolute Gasteiger partial charge is 0.480 e. The van der Waals surface area contributed by atoms with Gasteiger partial charge < -0.3 is 15.0 Å². The van der Waals surface area contributed by atoms with E-state index in [1.54, 1.807) is 25.2 Å². The molecule has 2 aromatic carbocycles. The molecule has 2 aromatic rings. The number of ether oxygens (including phenoxy) is 1. The van der Waals surface area contributed by atoms with Gasteiger partial charge in [-0.15, -0.1) is 0 Å². The smallest absolute Gasteiger partial charge is 0.264 e. The van der Waals surface area contributed by atoms with E-state index < -0.39 is 6.10 Å².